The van der Waals surface area contributed by atoms with Gasteiger partial charge < -0.3 is 14.6 Å². The fraction of sp³-hybridized carbons (Fsp3) is 0.385. The highest BCUT2D eigenvalue weighted by Crippen LogP contribution is 2.43. The smallest absolute Gasteiger partial charge is 0.416 e. The standard InChI is InChI=1S/C26H21Cl2F6N3O3/c27-19-12-15(25(29,30)31)11-14-3-6-36(21(14)19)13-17-18(26(32,33)34)2-1-16(20(17)28)22(38)35-7-9-37(10-8-35)24(4-5-24)23(39)40/h1-3,6,11-12H,4-5,7-10,13H2,(H,39,40). The Labute approximate surface area is 233 Å². The minimum atomic E-state index is -4.84. The summed E-state index contributed by atoms with van der Waals surface area (Å²) in [7, 11) is 0. The van der Waals surface area contributed by atoms with Gasteiger partial charge in [-0.05, 0) is 43.2 Å². The highest BCUT2D eigenvalue weighted by Gasteiger charge is 2.55. The zero-order chi connectivity index (χ0) is 29.2. The number of hydrogen-bond acceptors (Lipinski definition) is 3. The van der Waals surface area contributed by atoms with Gasteiger partial charge in [0, 0.05) is 49.9 Å². The highest BCUT2D eigenvalue weighted by molar-refractivity contribution is 6.35. The SMILES string of the molecule is O=C(c1ccc(C(F)(F)F)c(Cn2ccc3cc(C(F)(F)F)cc(Cl)c32)c1Cl)N1CCN(C2(C(=O)O)CC2)CC1. The Morgan fingerprint density at radius 2 is 1.57 bits per heavy atom. The van der Waals surface area contributed by atoms with Gasteiger partial charge in [-0.1, -0.05) is 23.2 Å². The molecular weight excluding hydrogens is 587 g/mol. The first-order valence-corrected chi connectivity index (χ1v) is 12.9. The van der Waals surface area contributed by atoms with Gasteiger partial charge >= 0.3 is 18.3 Å². The number of carbonyl (C=O) groups is 2. The lowest BCUT2D eigenvalue weighted by Gasteiger charge is -2.38. The van der Waals surface area contributed by atoms with Crippen LogP contribution in [0.15, 0.2) is 36.5 Å². The molecule has 3 aromatic rings. The maximum absolute atomic E-state index is 14.0. The summed E-state index contributed by atoms with van der Waals surface area (Å²) < 4.78 is 82.8. The number of piperazine rings is 1. The topological polar surface area (TPSA) is 65.8 Å². The van der Waals surface area contributed by atoms with Crippen molar-refractivity contribution in [1.29, 1.82) is 0 Å². The van der Waals surface area contributed by atoms with Gasteiger partial charge in [0.15, 0.2) is 0 Å². The molecule has 0 atom stereocenters. The van der Waals surface area contributed by atoms with Crippen molar-refractivity contribution in [2.45, 2.75) is 37.3 Å². The summed E-state index contributed by atoms with van der Waals surface area (Å²) in [6.45, 7) is 0.395. The van der Waals surface area contributed by atoms with Crippen molar-refractivity contribution in [3.63, 3.8) is 0 Å². The number of benzene rings is 2. The summed E-state index contributed by atoms with van der Waals surface area (Å²) in [6, 6.07) is 4.60. The molecule has 1 aromatic heterocycles. The highest BCUT2D eigenvalue weighted by atomic mass is 35.5. The molecule has 1 saturated heterocycles. The van der Waals surface area contributed by atoms with Crippen LogP contribution in [-0.4, -0.2) is 63.1 Å². The Balaban J connectivity index is 1.46. The zero-order valence-electron chi connectivity index (χ0n) is 20.5. The second-order valence-corrected chi connectivity index (χ2v) is 10.7. The molecule has 1 saturated carbocycles. The van der Waals surface area contributed by atoms with E-state index in [0.717, 1.165) is 18.2 Å². The first-order chi connectivity index (χ1) is 18.6. The molecule has 1 aliphatic carbocycles. The molecule has 2 aliphatic rings. The number of halogens is 8. The van der Waals surface area contributed by atoms with E-state index in [1.807, 2.05) is 0 Å². The summed E-state index contributed by atoms with van der Waals surface area (Å²) in [6.07, 6.45) is -7.17. The summed E-state index contributed by atoms with van der Waals surface area (Å²) in [5.41, 5.74) is -3.54. The van der Waals surface area contributed by atoms with Crippen LogP contribution in [-0.2, 0) is 23.7 Å². The predicted octanol–water partition coefficient (Wildman–Crippen LogP) is 6.41. The molecule has 0 spiro atoms. The number of carbonyl (C=O) groups excluding carboxylic acids is 1. The molecule has 2 heterocycles. The lowest BCUT2D eigenvalue weighted by molar-refractivity contribution is -0.146. The van der Waals surface area contributed by atoms with E-state index in [-0.39, 0.29) is 47.7 Å². The fourth-order valence-electron chi connectivity index (χ4n) is 5.26. The minimum Gasteiger partial charge on any atom is -0.480 e. The minimum absolute atomic E-state index is 0.0735. The van der Waals surface area contributed by atoms with Crippen molar-refractivity contribution >= 4 is 46.0 Å². The maximum atomic E-state index is 14.0. The van der Waals surface area contributed by atoms with E-state index in [0.29, 0.717) is 18.9 Å². The van der Waals surface area contributed by atoms with Gasteiger partial charge in [0.2, 0.25) is 0 Å². The van der Waals surface area contributed by atoms with E-state index >= 15 is 0 Å². The summed E-state index contributed by atoms with van der Waals surface area (Å²) in [4.78, 5) is 28.2. The lowest BCUT2D eigenvalue weighted by Crippen LogP contribution is -2.55. The van der Waals surface area contributed by atoms with E-state index in [9.17, 15) is 41.0 Å². The number of nitrogens with zero attached hydrogens (tertiary/aromatic N) is 3. The Kier molecular flexibility index (Phi) is 7.03. The van der Waals surface area contributed by atoms with Crippen molar-refractivity contribution in [3.05, 3.63) is 68.8 Å². The third-order valence-electron chi connectivity index (χ3n) is 7.54. The molecule has 14 heteroatoms. The van der Waals surface area contributed by atoms with Gasteiger partial charge in [0.1, 0.15) is 5.54 Å². The third-order valence-corrected chi connectivity index (χ3v) is 8.26. The summed E-state index contributed by atoms with van der Waals surface area (Å²) in [5.74, 6) is -1.53. The third kappa shape index (κ3) is 5.01. The first-order valence-electron chi connectivity index (χ1n) is 12.2. The molecule has 0 radical (unpaired) electrons. The average Bonchev–Trinajstić information content (AvgIpc) is 3.59. The van der Waals surface area contributed by atoms with Crippen LogP contribution in [0, 0.1) is 0 Å². The molecule has 2 fully saturated rings. The second kappa shape index (κ2) is 9.85. The molecule has 0 unspecified atom stereocenters. The van der Waals surface area contributed by atoms with Crippen molar-refractivity contribution < 1.29 is 41.0 Å². The molecule has 1 N–H and O–H groups in total. The maximum Gasteiger partial charge on any atom is 0.416 e. The predicted molar refractivity (Wildman–Crippen MR) is 135 cm³/mol. The second-order valence-electron chi connectivity index (χ2n) is 9.90. The molecule has 2 aromatic carbocycles. The number of carboxylic acids is 1. The molecular formula is C26H21Cl2F6N3O3. The number of alkyl halides is 6. The average molecular weight is 608 g/mol. The normalized spacial score (nSPS) is 17.9. The quantitative estimate of drug-likeness (QED) is 0.340. The van der Waals surface area contributed by atoms with Crippen molar-refractivity contribution in [2.24, 2.45) is 0 Å². The molecule has 6 nitrogen and oxygen atoms in total. The van der Waals surface area contributed by atoms with Crippen LogP contribution in [0.25, 0.3) is 10.9 Å². The fourth-order valence-corrected chi connectivity index (χ4v) is 5.90. The van der Waals surface area contributed by atoms with Crippen molar-refractivity contribution in [1.82, 2.24) is 14.4 Å². The Bertz CT molecular complexity index is 1510. The zero-order valence-corrected chi connectivity index (χ0v) is 22.1. The van der Waals surface area contributed by atoms with Crippen molar-refractivity contribution in [3.8, 4) is 0 Å². The van der Waals surface area contributed by atoms with Crippen LogP contribution in [0.2, 0.25) is 10.0 Å². The van der Waals surface area contributed by atoms with Gasteiger partial charge in [-0.25, -0.2) is 0 Å². The van der Waals surface area contributed by atoms with Crippen LogP contribution in [0.3, 0.4) is 0 Å². The molecule has 1 aliphatic heterocycles. The number of carboxylic acid groups (broad SMARTS) is 1. The van der Waals surface area contributed by atoms with Gasteiger partial charge in [0.05, 0.1) is 32.3 Å². The lowest BCUT2D eigenvalue weighted by atomic mass is 10.0. The van der Waals surface area contributed by atoms with Crippen LogP contribution in [0.5, 0.6) is 0 Å². The van der Waals surface area contributed by atoms with E-state index in [2.05, 4.69) is 0 Å². The van der Waals surface area contributed by atoms with Gasteiger partial charge in [-0.15, -0.1) is 0 Å². The van der Waals surface area contributed by atoms with Gasteiger partial charge in [-0.2, -0.15) is 26.3 Å². The first kappa shape index (κ1) is 28.6. The van der Waals surface area contributed by atoms with Crippen LogP contribution in [0.1, 0.15) is 39.9 Å². The van der Waals surface area contributed by atoms with Crippen molar-refractivity contribution in [2.75, 3.05) is 26.2 Å². The van der Waals surface area contributed by atoms with Crippen LogP contribution < -0.4 is 0 Å². The number of fused-ring (bicyclic) bond motifs is 1. The number of aromatic nitrogens is 1. The van der Waals surface area contributed by atoms with E-state index in [1.165, 1.54) is 21.7 Å². The van der Waals surface area contributed by atoms with Crippen LogP contribution >= 0.6 is 23.2 Å². The van der Waals surface area contributed by atoms with Gasteiger partial charge in [0.25, 0.3) is 5.91 Å². The van der Waals surface area contributed by atoms with E-state index < -0.39 is 58.0 Å². The van der Waals surface area contributed by atoms with E-state index in [1.54, 1.807) is 4.90 Å². The monoisotopic (exact) mass is 607 g/mol. The Hall–Kier alpha value is -2.96. The molecule has 0 bridgehead atoms. The largest absolute Gasteiger partial charge is 0.480 e. The summed E-state index contributed by atoms with van der Waals surface area (Å²) >= 11 is 12.6. The number of aliphatic carboxylic acids is 1. The molecule has 40 heavy (non-hydrogen) atoms. The van der Waals surface area contributed by atoms with Gasteiger partial charge in [-0.3, -0.25) is 14.5 Å². The Morgan fingerprint density at radius 1 is 0.925 bits per heavy atom. The summed E-state index contributed by atoms with van der Waals surface area (Å²) in [5, 5.41) is 8.85. The van der Waals surface area contributed by atoms with E-state index in [4.69, 9.17) is 23.2 Å². The molecule has 214 valence electrons. The Morgan fingerprint density at radius 3 is 2.12 bits per heavy atom. The number of rotatable bonds is 5. The van der Waals surface area contributed by atoms with Crippen LogP contribution in [0.4, 0.5) is 26.3 Å². The molecule has 5 rings (SSSR count). The number of amides is 1. The molecule has 1 amide bonds. The number of hydrogen-bond donors (Lipinski definition) is 1.